The van der Waals surface area contributed by atoms with Gasteiger partial charge >= 0.3 is 5.97 Å². The fourth-order valence-electron chi connectivity index (χ4n) is 4.19. The third-order valence-corrected chi connectivity index (χ3v) is 5.96. The van der Waals surface area contributed by atoms with Crippen LogP contribution in [0.1, 0.15) is 44.1 Å². The summed E-state index contributed by atoms with van der Waals surface area (Å²) in [6, 6.07) is 3.89. The molecule has 0 saturated carbocycles. The van der Waals surface area contributed by atoms with Gasteiger partial charge in [-0.25, -0.2) is 4.39 Å². The van der Waals surface area contributed by atoms with E-state index >= 15 is 0 Å². The van der Waals surface area contributed by atoms with Crippen LogP contribution in [-0.4, -0.2) is 63.8 Å². The molecule has 0 radical (unpaired) electrons. The summed E-state index contributed by atoms with van der Waals surface area (Å²) >= 11 is 0. The van der Waals surface area contributed by atoms with Crippen LogP contribution in [0.2, 0.25) is 0 Å². The van der Waals surface area contributed by atoms with Crippen LogP contribution in [0.15, 0.2) is 18.2 Å². The highest BCUT2D eigenvalue weighted by molar-refractivity contribution is 6.43. The van der Waals surface area contributed by atoms with Crippen molar-refractivity contribution in [3.63, 3.8) is 0 Å². The SMILES string of the molecule is Cc1cc(NC(=O)c2c(C)c(C(=O)C(=O)N[C@H]3CCN(CC(=O)O)C3)n(C)c2C)ccc1F. The zero-order chi connectivity index (χ0) is 24.4. The number of hydrogen-bond donors (Lipinski definition) is 3. The van der Waals surface area contributed by atoms with Gasteiger partial charge in [0.1, 0.15) is 5.82 Å². The monoisotopic (exact) mass is 458 g/mol. The number of benzene rings is 1. The number of aryl methyl sites for hydroxylation is 1. The fraction of sp³-hybridized carbons (Fsp3) is 0.391. The van der Waals surface area contributed by atoms with E-state index in [0.717, 1.165) is 0 Å². The second-order valence-electron chi connectivity index (χ2n) is 8.33. The first-order valence-corrected chi connectivity index (χ1v) is 10.5. The van der Waals surface area contributed by atoms with Crippen molar-refractivity contribution in [1.29, 1.82) is 0 Å². The number of aliphatic carboxylic acids is 1. The number of aromatic nitrogens is 1. The largest absolute Gasteiger partial charge is 0.480 e. The van der Waals surface area contributed by atoms with Crippen LogP contribution < -0.4 is 10.6 Å². The van der Waals surface area contributed by atoms with Gasteiger partial charge in [-0.3, -0.25) is 24.1 Å². The number of anilines is 1. The third kappa shape index (κ3) is 5.11. The van der Waals surface area contributed by atoms with Gasteiger partial charge in [-0.1, -0.05) is 0 Å². The Kier molecular flexibility index (Phi) is 6.97. The van der Waals surface area contributed by atoms with Crippen molar-refractivity contribution in [2.24, 2.45) is 7.05 Å². The summed E-state index contributed by atoms with van der Waals surface area (Å²) < 4.78 is 15.0. The Labute approximate surface area is 190 Å². The van der Waals surface area contributed by atoms with Gasteiger partial charge in [-0.2, -0.15) is 0 Å². The van der Waals surface area contributed by atoms with Crippen molar-refractivity contribution in [3.8, 4) is 0 Å². The Morgan fingerprint density at radius 3 is 2.52 bits per heavy atom. The summed E-state index contributed by atoms with van der Waals surface area (Å²) in [5, 5.41) is 14.3. The molecule has 9 nitrogen and oxygen atoms in total. The van der Waals surface area contributed by atoms with E-state index in [0.29, 0.717) is 42.0 Å². The smallest absolute Gasteiger partial charge is 0.317 e. The van der Waals surface area contributed by atoms with Crippen molar-refractivity contribution in [2.75, 3.05) is 25.0 Å². The van der Waals surface area contributed by atoms with E-state index in [4.69, 9.17) is 5.11 Å². The number of carbonyl (C=O) groups excluding carboxylic acids is 3. The molecule has 0 unspecified atom stereocenters. The number of carboxylic acids is 1. The van der Waals surface area contributed by atoms with Gasteiger partial charge in [0.05, 0.1) is 17.8 Å². The Morgan fingerprint density at radius 2 is 1.88 bits per heavy atom. The molecule has 1 fully saturated rings. The van der Waals surface area contributed by atoms with Crippen LogP contribution in [0.4, 0.5) is 10.1 Å². The average Bonchev–Trinajstić information content (AvgIpc) is 3.25. The topological polar surface area (TPSA) is 121 Å². The van der Waals surface area contributed by atoms with Gasteiger partial charge in [0.25, 0.3) is 17.6 Å². The minimum Gasteiger partial charge on any atom is -0.480 e. The van der Waals surface area contributed by atoms with Gasteiger partial charge in [-0.05, 0) is 56.5 Å². The van der Waals surface area contributed by atoms with E-state index in [1.54, 1.807) is 32.7 Å². The number of Topliss-reactive ketones (excluding diaryl/α,β-unsaturated/α-hetero) is 1. The number of hydrogen-bond acceptors (Lipinski definition) is 5. The Morgan fingerprint density at radius 1 is 1.18 bits per heavy atom. The van der Waals surface area contributed by atoms with Crippen LogP contribution in [-0.2, 0) is 16.6 Å². The van der Waals surface area contributed by atoms with Gasteiger partial charge in [0, 0.05) is 37.6 Å². The number of carboxylic acid groups (broad SMARTS) is 1. The van der Waals surface area contributed by atoms with Crippen LogP contribution in [0.3, 0.4) is 0 Å². The lowest BCUT2D eigenvalue weighted by Gasteiger charge is -2.14. The first-order valence-electron chi connectivity index (χ1n) is 10.5. The fourth-order valence-corrected chi connectivity index (χ4v) is 4.19. The van der Waals surface area contributed by atoms with Crippen LogP contribution >= 0.6 is 0 Å². The molecule has 2 amide bonds. The lowest BCUT2D eigenvalue weighted by atomic mass is 10.1. The standard InChI is InChI=1S/C23H27FN4O5/c1-12-9-15(5-6-17(12)24)25-22(32)19-13(2)20(27(4)14(19)3)21(31)23(33)26-16-7-8-28(10-16)11-18(29)30/h5-6,9,16H,7-8,10-11H2,1-4H3,(H,25,32)(H,26,33)(H,29,30)/t16-/m0/s1. The Bertz CT molecular complexity index is 1140. The number of carbonyl (C=O) groups is 4. The van der Waals surface area contributed by atoms with E-state index in [-0.39, 0.29) is 29.7 Å². The summed E-state index contributed by atoms with van der Waals surface area (Å²) in [4.78, 5) is 51.1. The molecule has 10 heteroatoms. The van der Waals surface area contributed by atoms with E-state index in [1.165, 1.54) is 22.8 Å². The number of nitrogens with zero attached hydrogens (tertiary/aromatic N) is 2. The number of amides is 2. The van der Waals surface area contributed by atoms with Crippen molar-refractivity contribution in [2.45, 2.75) is 33.2 Å². The van der Waals surface area contributed by atoms with E-state index in [2.05, 4.69) is 10.6 Å². The van der Waals surface area contributed by atoms with Crippen molar-refractivity contribution < 1.29 is 28.7 Å². The first-order chi connectivity index (χ1) is 15.5. The molecule has 1 aromatic carbocycles. The predicted octanol–water partition coefficient (Wildman–Crippen LogP) is 1.80. The number of ketones is 1. The van der Waals surface area contributed by atoms with Crippen LogP contribution in [0.5, 0.6) is 0 Å². The maximum Gasteiger partial charge on any atom is 0.317 e. The van der Waals surface area contributed by atoms with Crippen molar-refractivity contribution in [3.05, 3.63) is 52.1 Å². The normalized spacial score (nSPS) is 16.0. The predicted molar refractivity (Wildman–Crippen MR) is 119 cm³/mol. The van der Waals surface area contributed by atoms with Crippen LogP contribution in [0.25, 0.3) is 0 Å². The molecule has 1 atom stereocenters. The molecule has 2 aromatic rings. The Balaban J connectivity index is 1.76. The molecule has 0 spiro atoms. The minimum atomic E-state index is -0.949. The molecule has 1 saturated heterocycles. The van der Waals surface area contributed by atoms with Gasteiger partial charge < -0.3 is 20.3 Å². The quantitative estimate of drug-likeness (QED) is 0.430. The number of halogens is 1. The van der Waals surface area contributed by atoms with Crippen molar-refractivity contribution >= 4 is 29.3 Å². The molecular weight excluding hydrogens is 431 g/mol. The van der Waals surface area contributed by atoms with Gasteiger partial charge in [-0.15, -0.1) is 0 Å². The zero-order valence-corrected chi connectivity index (χ0v) is 19.0. The molecule has 0 bridgehead atoms. The maximum atomic E-state index is 13.5. The molecule has 176 valence electrons. The molecule has 2 heterocycles. The van der Waals surface area contributed by atoms with Crippen molar-refractivity contribution in [1.82, 2.24) is 14.8 Å². The first kappa shape index (κ1) is 24.1. The highest BCUT2D eigenvalue weighted by Gasteiger charge is 2.31. The lowest BCUT2D eigenvalue weighted by Crippen LogP contribution is -2.42. The van der Waals surface area contributed by atoms with E-state index < -0.39 is 23.6 Å². The maximum absolute atomic E-state index is 13.5. The highest BCUT2D eigenvalue weighted by atomic mass is 19.1. The van der Waals surface area contributed by atoms with Gasteiger partial charge in [0.2, 0.25) is 0 Å². The molecule has 1 aromatic heterocycles. The Hall–Kier alpha value is -3.53. The molecule has 0 aliphatic carbocycles. The highest BCUT2D eigenvalue weighted by Crippen LogP contribution is 2.24. The summed E-state index contributed by atoms with van der Waals surface area (Å²) in [6.07, 6.45) is 0.544. The lowest BCUT2D eigenvalue weighted by molar-refractivity contribution is -0.138. The summed E-state index contributed by atoms with van der Waals surface area (Å²) in [6.45, 7) is 5.60. The molecule has 1 aliphatic heterocycles. The van der Waals surface area contributed by atoms with E-state index in [9.17, 15) is 23.6 Å². The summed E-state index contributed by atoms with van der Waals surface area (Å²) in [5.41, 5.74) is 2.05. The molecule has 3 rings (SSSR count). The molecule has 3 N–H and O–H groups in total. The van der Waals surface area contributed by atoms with E-state index in [1.807, 2.05) is 0 Å². The second-order valence-corrected chi connectivity index (χ2v) is 8.33. The number of likely N-dealkylation sites (tertiary alicyclic amines) is 1. The molecule has 1 aliphatic rings. The molecule has 33 heavy (non-hydrogen) atoms. The minimum absolute atomic E-state index is 0.103. The number of nitrogens with one attached hydrogen (secondary N) is 2. The molecular formula is C23H27FN4O5. The van der Waals surface area contributed by atoms with Gasteiger partial charge in [0.15, 0.2) is 0 Å². The van der Waals surface area contributed by atoms with Crippen LogP contribution in [0, 0.1) is 26.6 Å². The number of rotatable bonds is 7. The summed E-state index contributed by atoms with van der Waals surface area (Å²) in [7, 11) is 1.60. The summed E-state index contributed by atoms with van der Waals surface area (Å²) in [5.74, 6) is -3.37. The average molecular weight is 458 g/mol. The zero-order valence-electron chi connectivity index (χ0n) is 19.0. The third-order valence-electron chi connectivity index (χ3n) is 5.96. The second kappa shape index (κ2) is 9.53.